The molecule has 1 amide bonds. The average Bonchev–Trinajstić information content (AvgIpc) is 2.29. The monoisotopic (exact) mass is 289 g/mol. The first-order chi connectivity index (χ1) is 7.60. The van der Waals surface area contributed by atoms with Crippen LogP contribution in [-0.4, -0.2) is 23.7 Å². The molecule has 0 aliphatic carbocycles. The first-order valence-electron chi connectivity index (χ1n) is 4.95. The van der Waals surface area contributed by atoms with Crippen LogP contribution in [0.25, 0.3) is 0 Å². The predicted octanol–water partition coefficient (Wildman–Crippen LogP) is 2.09. The number of rotatable bonds is 4. The molecule has 5 heteroatoms. The van der Waals surface area contributed by atoms with Crippen LogP contribution in [0, 0.1) is 5.82 Å². The molecule has 0 radical (unpaired) electrons. The molecule has 16 heavy (non-hydrogen) atoms. The number of carbonyl (C=O) groups excluding carboxylic acids is 1. The zero-order valence-corrected chi connectivity index (χ0v) is 10.4. The van der Waals surface area contributed by atoms with Gasteiger partial charge in [-0.2, -0.15) is 0 Å². The molecule has 0 aromatic heterocycles. The number of halogens is 2. The van der Waals surface area contributed by atoms with Crippen molar-refractivity contribution in [3.63, 3.8) is 0 Å². The number of amides is 1. The fourth-order valence-corrected chi connectivity index (χ4v) is 1.59. The summed E-state index contributed by atoms with van der Waals surface area (Å²) in [5.74, 6) is -1.10. The maximum Gasteiger partial charge on any atom is 0.254 e. The van der Waals surface area contributed by atoms with Crippen LogP contribution in [0.5, 0.6) is 0 Å². The van der Waals surface area contributed by atoms with Crippen LogP contribution in [0.15, 0.2) is 22.7 Å². The molecule has 2 N–H and O–H groups in total. The smallest absolute Gasteiger partial charge is 0.254 e. The van der Waals surface area contributed by atoms with Gasteiger partial charge in [-0.1, -0.05) is 13.0 Å². The third kappa shape index (κ3) is 3.02. The van der Waals surface area contributed by atoms with Crippen LogP contribution in [0.3, 0.4) is 0 Å². The largest absolute Gasteiger partial charge is 0.394 e. The topological polar surface area (TPSA) is 49.3 Å². The van der Waals surface area contributed by atoms with Crippen molar-refractivity contribution >= 4 is 21.8 Å². The van der Waals surface area contributed by atoms with Crippen LogP contribution in [-0.2, 0) is 0 Å². The Hall–Kier alpha value is -0.940. The van der Waals surface area contributed by atoms with Gasteiger partial charge < -0.3 is 10.4 Å². The Kier molecular flexibility index (Phi) is 4.89. The molecule has 0 bridgehead atoms. The van der Waals surface area contributed by atoms with Crippen molar-refractivity contribution in [2.24, 2.45) is 0 Å². The SMILES string of the molecule is CC[C@H](CO)NC(=O)c1cccc(Br)c1F. The van der Waals surface area contributed by atoms with Crippen molar-refractivity contribution in [3.05, 3.63) is 34.1 Å². The summed E-state index contributed by atoms with van der Waals surface area (Å²) >= 11 is 3.01. The Labute approximate surface area is 102 Å². The maximum absolute atomic E-state index is 13.5. The molecule has 0 fully saturated rings. The minimum absolute atomic E-state index is 0.0266. The number of hydrogen-bond acceptors (Lipinski definition) is 2. The third-order valence-electron chi connectivity index (χ3n) is 2.24. The summed E-state index contributed by atoms with van der Waals surface area (Å²) in [6.07, 6.45) is 0.595. The van der Waals surface area contributed by atoms with Gasteiger partial charge in [-0.05, 0) is 34.5 Å². The van der Waals surface area contributed by atoms with Crippen molar-refractivity contribution in [1.29, 1.82) is 0 Å². The van der Waals surface area contributed by atoms with Crippen LogP contribution in [0.2, 0.25) is 0 Å². The Morgan fingerprint density at radius 3 is 2.88 bits per heavy atom. The zero-order valence-electron chi connectivity index (χ0n) is 8.84. The fourth-order valence-electron chi connectivity index (χ4n) is 1.22. The molecule has 1 rings (SSSR count). The molecule has 1 aromatic rings. The van der Waals surface area contributed by atoms with Crippen molar-refractivity contribution in [3.8, 4) is 0 Å². The summed E-state index contributed by atoms with van der Waals surface area (Å²) < 4.78 is 13.8. The summed E-state index contributed by atoms with van der Waals surface area (Å²) in [6, 6.07) is 4.17. The molecular weight excluding hydrogens is 277 g/mol. The van der Waals surface area contributed by atoms with Gasteiger partial charge in [0.1, 0.15) is 5.82 Å². The molecule has 0 unspecified atom stereocenters. The van der Waals surface area contributed by atoms with E-state index in [0.29, 0.717) is 6.42 Å². The second kappa shape index (κ2) is 5.96. The molecule has 1 atom stereocenters. The highest BCUT2D eigenvalue weighted by Gasteiger charge is 2.16. The highest BCUT2D eigenvalue weighted by molar-refractivity contribution is 9.10. The number of aliphatic hydroxyl groups is 1. The van der Waals surface area contributed by atoms with Gasteiger partial charge in [-0.15, -0.1) is 0 Å². The molecular formula is C11H13BrFNO2. The summed E-state index contributed by atoms with van der Waals surface area (Å²) in [4.78, 5) is 11.7. The number of aliphatic hydroxyl groups excluding tert-OH is 1. The van der Waals surface area contributed by atoms with E-state index in [4.69, 9.17) is 5.11 Å². The van der Waals surface area contributed by atoms with Crippen molar-refractivity contribution in [2.45, 2.75) is 19.4 Å². The standard InChI is InChI=1S/C11H13BrFNO2/c1-2-7(6-15)14-11(16)8-4-3-5-9(12)10(8)13/h3-5,7,15H,2,6H2,1H3,(H,14,16)/t7-/m1/s1. The highest BCUT2D eigenvalue weighted by atomic mass is 79.9. The second-order valence-electron chi connectivity index (χ2n) is 3.36. The van der Waals surface area contributed by atoms with Crippen molar-refractivity contribution < 1.29 is 14.3 Å². The van der Waals surface area contributed by atoms with Crippen LogP contribution in [0.4, 0.5) is 4.39 Å². The Bertz CT molecular complexity index is 380. The lowest BCUT2D eigenvalue weighted by Crippen LogP contribution is -2.37. The van der Waals surface area contributed by atoms with E-state index in [2.05, 4.69) is 21.2 Å². The van der Waals surface area contributed by atoms with Gasteiger partial charge in [0, 0.05) is 0 Å². The van der Waals surface area contributed by atoms with E-state index >= 15 is 0 Å². The van der Waals surface area contributed by atoms with Gasteiger partial charge in [-0.3, -0.25) is 4.79 Å². The first kappa shape index (κ1) is 13.1. The van der Waals surface area contributed by atoms with E-state index in [0.717, 1.165) is 0 Å². The number of benzene rings is 1. The molecule has 0 heterocycles. The zero-order chi connectivity index (χ0) is 12.1. The van der Waals surface area contributed by atoms with E-state index in [1.54, 1.807) is 6.07 Å². The van der Waals surface area contributed by atoms with Crippen molar-refractivity contribution in [2.75, 3.05) is 6.61 Å². The minimum Gasteiger partial charge on any atom is -0.394 e. The van der Waals surface area contributed by atoms with Crippen LogP contribution >= 0.6 is 15.9 Å². The van der Waals surface area contributed by atoms with E-state index in [-0.39, 0.29) is 22.7 Å². The molecule has 0 saturated heterocycles. The molecule has 88 valence electrons. The maximum atomic E-state index is 13.5. The van der Waals surface area contributed by atoms with Gasteiger partial charge in [0.2, 0.25) is 0 Å². The minimum atomic E-state index is -0.590. The van der Waals surface area contributed by atoms with Gasteiger partial charge in [-0.25, -0.2) is 4.39 Å². The fraction of sp³-hybridized carbons (Fsp3) is 0.364. The summed E-state index contributed by atoms with van der Waals surface area (Å²) in [5, 5.41) is 11.5. The molecule has 0 aliphatic rings. The number of nitrogens with one attached hydrogen (secondary N) is 1. The lowest BCUT2D eigenvalue weighted by Gasteiger charge is -2.14. The average molecular weight is 290 g/mol. The highest BCUT2D eigenvalue weighted by Crippen LogP contribution is 2.18. The van der Waals surface area contributed by atoms with Crippen molar-refractivity contribution in [1.82, 2.24) is 5.32 Å². The van der Waals surface area contributed by atoms with Crippen LogP contribution < -0.4 is 5.32 Å². The summed E-state index contributed by atoms with van der Waals surface area (Å²) in [5.41, 5.74) is -0.0266. The number of carbonyl (C=O) groups is 1. The lowest BCUT2D eigenvalue weighted by atomic mass is 10.1. The van der Waals surface area contributed by atoms with Gasteiger partial charge in [0.15, 0.2) is 0 Å². The Balaban J connectivity index is 2.84. The quantitative estimate of drug-likeness (QED) is 0.892. The van der Waals surface area contributed by atoms with E-state index in [9.17, 15) is 9.18 Å². The predicted molar refractivity (Wildman–Crippen MR) is 62.7 cm³/mol. The lowest BCUT2D eigenvalue weighted by molar-refractivity contribution is 0.0910. The number of hydrogen-bond donors (Lipinski definition) is 2. The normalized spacial score (nSPS) is 12.2. The van der Waals surface area contributed by atoms with Gasteiger partial charge in [0.25, 0.3) is 5.91 Å². The van der Waals surface area contributed by atoms with E-state index in [1.165, 1.54) is 12.1 Å². The molecule has 0 spiro atoms. The van der Waals surface area contributed by atoms with Crippen LogP contribution in [0.1, 0.15) is 23.7 Å². The van der Waals surface area contributed by atoms with Gasteiger partial charge >= 0.3 is 0 Å². The molecule has 0 aliphatic heterocycles. The molecule has 1 aromatic carbocycles. The third-order valence-corrected chi connectivity index (χ3v) is 2.86. The molecule has 3 nitrogen and oxygen atoms in total. The molecule has 0 saturated carbocycles. The first-order valence-corrected chi connectivity index (χ1v) is 5.75. The summed E-state index contributed by atoms with van der Waals surface area (Å²) in [6.45, 7) is 1.68. The van der Waals surface area contributed by atoms with E-state index in [1.807, 2.05) is 6.92 Å². The van der Waals surface area contributed by atoms with Gasteiger partial charge in [0.05, 0.1) is 22.7 Å². The second-order valence-corrected chi connectivity index (χ2v) is 4.22. The van der Waals surface area contributed by atoms with E-state index < -0.39 is 11.7 Å². The Morgan fingerprint density at radius 2 is 2.31 bits per heavy atom. The Morgan fingerprint density at radius 1 is 1.62 bits per heavy atom. The summed E-state index contributed by atoms with van der Waals surface area (Å²) in [7, 11) is 0.